The van der Waals surface area contributed by atoms with Gasteiger partial charge in [0, 0.05) is 40.8 Å². The molecular weight excluding hydrogens is 230 g/mol. The summed E-state index contributed by atoms with van der Waals surface area (Å²) in [5.41, 5.74) is 2.56. The van der Waals surface area contributed by atoms with E-state index in [1.165, 1.54) is 20.9 Å². The van der Waals surface area contributed by atoms with E-state index in [1.807, 2.05) is 23.7 Å². The van der Waals surface area contributed by atoms with Crippen molar-refractivity contribution in [3.63, 3.8) is 0 Å². The lowest BCUT2D eigenvalue weighted by Crippen LogP contribution is -2.11. The summed E-state index contributed by atoms with van der Waals surface area (Å²) in [6.45, 7) is 9.74. The van der Waals surface area contributed by atoms with Crippen LogP contribution in [0.3, 0.4) is 0 Å². The van der Waals surface area contributed by atoms with Crippen LogP contribution in [0.5, 0.6) is 0 Å². The highest BCUT2D eigenvalue weighted by Gasteiger charge is 2.01. The monoisotopic (exact) mass is 247 g/mol. The number of aromatic nitrogens is 2. The van der Waals surface area contributed by atoms with Crippen molar-refractivity contribution in [3.05, 3.63) is 45.9 Å². The van der Waals surface area contributed by atoms with Gasteiger partial charge in [0.2, 0.25) is 0 Å². The van der Waals surface area contributed by atoms with Gasteiger partial charge in [-0.3, -0.25) is 0 Å². The Morgan fingerprint density at radius 1 is 1.47 bits per heavy atom. The SMILES string of the molecule is C=Cn1cc(CNCc2cc(C)c(C)s2)cn1. The first-order chi connectivity index (χ1) is 8.19. The van der Waals surface area contributed by atoms with Gasteiger partial charge in [0.15, 0.2) is 0 Å². The molecule has 2 aromatic rings. The summed E-state index contributed by atoms with van der Waals surface area (Å²) in [7, 11) is 0. The molecule has 4 heteroatoms. The Balaban J connectivity index is 1.85. The van der Waals surface area contributed by atoms with Gasteiger partial charge in [0.25, 0.3) is 0 Å². The average Bonchev–Trinajstić information content (AvgIpc) is 2.87. The summed E-state index contributed by atoms with van der Waals surface area (Å²) >= 11 is 1.86. The van der Waals surface area contributed by atoms with Crippen molar-refractivity contribution < 1.29 is 0 Å². The van der Waals surface area contributed by atoms with E-state index in [0.717, 1.165) is 13.1 Å². The first-order valence-corrected chi connectivity index (χ1v) is 6.43. The molecule has 0 aliphatic rings. The molecule has 0 fully saturated rings. The highest BCUT2D eigenvalue weighted by molar-refractivity contribution is 7.12. The van der Waals surface area contributed by atoms with Crippen LogP contribution in [0.15, 0.2) is 25.0 Å². The minimum Gasteiger partial charge on any atom is -0.308 e. The molecule has 90 valence electrons. The lowest BCUT2D eigenvalue weighted by atomic mass is 10.3. The molecular formula is C13H17N3S. The first kappa shape index (κ1) is 12.1. The molecule has 0 aliphatic heterocycles. The third-order valence-electron chi connectivity index (χ3n) is 2.69. The number of thiophene rings is 1. The molecule has 0 unspecified atom stereocenters. The molecule has 0 aromatic carbocycles. The van der Waals surface area contributed by atoms with Gasteiger partial charge in [-0.2, -0.15) is 5.10 Å². The molecule has 0 amide bonds. The van der Waals surface area contributed by atoms with Gasteiger partial charge in [-0.25, -0.2) is 4.68 Å². The van der Waals surface area contributed by atoms with Crippen molar-refractivity contribution in [2.24, 2.45) is 0 Å². The zero-order valence-corrected chi connectivity index (χ0v) is 11.0. The van der Waals surface area contributed by atoms with Crippen LogP contribution in [0.25, 0.3) is 6.20 Å². The fourth-order valence-electron chi connectivity index (χ4n) is 1.64. The molecule has 0 atom stereocenters. The van der Waals surface area contributed by atoms with Crippen LogP contribution in [-0.4, -0.2) is 9.78 Å². The number of hydrogen-bond donors (Lipinski definition) is 1. The van der Waals surface area contributed by atoms with E-state index in [4.69, 9.17) is 0 Å². The molecule has 0 saturated heterocycles. The Labute approximate surface area is 106 Å². The van der Waals surface area contributed by atoms with Gasteiger partial charge in [0.1, 0.15) is 0 Å². The van der Waals surface area contributed by atoms with Crippen LogP contribution >= 0.6 is 11.3 Å². The Bertz CT molecular complexity index is 491. The maximum absolute atomic E-state index is 4.14. The van der Waals surface area contributed by atoms with E-state index >= 15 is 0 Å². The van der Waals surface area contributed by atoms with Gasteiger partial charge >= 0.3 is 0 Å². The number of rotatable bonds is 5. The zero-order valence-electron chi connectivity index (χ0n) is 10.2. The van der Waals surface area contributed by atoms with Gasteiger partial charge in [-0.1, -0.05) is 6.58 Å². The van der Waals surface area contributed by atoms with Crippen LogP contribution in [0.1, 0.15) is 20.9 Å². The van der Waals surface area contributed by atoms with Crippen LogP contribution in [0, 0.1) is 13.8 Å². The molecule has 1 N–H and O–H groups in total. The fourth-order valence-corrected chi connectivity index (χ4v) is 2.66. The summed E-state index contributed by atoms with van der Waals surface area (Å²) in [4.78, 5) is 2.79. The van der Waals surface area contributed by atoms with E-state index in [1.54, 1.807) is 10.9 Å². The van der Waals surface area contributed by atoms with Crippen molar-refractivity contribution in [1.82, 2.24) is 15.1 Å². The van der Waals surface area contributed by atoms with Gasteiger partial charge in [-0.05, 0) is 25.5 Å². The molecule has 0 aliphatic carbocycles. The first-order valence-electron chi connectivity index (χ1n) is 5.61. The fraction of sp³-hybridized carbons (Fsp3) is 0.308. The number of aryl methyl sites for hydroxylation is 2. The molecule has 3 nitrogen and oxygen atoms in total. The summed E-state index contributed by atoms with van der Waals surface area (Å²) in [5.74, 6) is 0. The van der Waals surface area contributed by atoms with Crippen LogP contribution in [-0.2, 0) is 13.1 Å². The summed E-state index contributed by atoms with van der Waals surface area (Å²) in [6.07, 6.45) is 5.53. The summed E-state index contributed by atoms with van der Waals surface area (Å²) < 4.78 is 1.72. The van der Waals surface area contributed by atoms with Crippen molar-refractivity contribution >= 4 is 17.5 Å². The maximum atomic E-state index is 4.14. The molecule has 0 bridgehead atoms. The zero-order chi connectivity index (χ0) is 12.3. The second kappa shape index (κ2) is 5.29. The third-order valence-corrected chi connectivity index (χ3v) is 3.84. The molecule has 2 heterocycles. The normalized spacial score (nSPS) is 10.7. The predicted octanol–water partition coefficient (Wildman–Crippen LogP) is 2.95. The highest BCUT2D eigenvalue weighted by Crippen LogP contribution is 2.20. The Morgan fingerprint density at radius 2 is 2.29 bits per heavy atom. The highest BCUT2D eigenvalue weighted by atomic mass is 32.1. The molecule has 0 saturated carbocycles. The number of nitrogens with one attached hydrogen (secondary N) is 1. The largest absolute Gasteiger partial charge is 0.308 e. The Hall–Kier alpha value is -1.39. The number of hydrogen-bond acceptors (Lipinski definition) is 3. The van der Waals surface area contributed by atoms with E-state index in [9.17, 15) is 0 Å². The van der Waals surface area contributed by atoms with Crippen molar-refractivity contribution in [2.45, 2.75) is 26.9 Å². The molecule has 0 radical (unpaired) electrons. The van der Waals surface area contributed by atoms with Crippen LogP contribution < -0.4 is 5.32 Å². The maximum Gasteiger partial charge on any atom is 0.0538 e. The minimum atomic E-state index is 0.837. The lowest BCUT2D eigenvalue weighted by molar-refractivity contribution is 0.701. The Morgan fingerprint density at radius 3 is 2.88 bits per heavy atom. The average molecular weight is 247 g/mol. The lowest BCUT2D eigenvalue weighted by Gasteiger charge is -1.99. The molecule has 2 rings (SSSR count). The molecule has 2 aromatic heterocycles. The second-order valence-electron chi connectivity index (χ2n) is 4.07. The van der Waals surface area contributed by atoms with Crippen molar-refractivity contribution in [1.29, 1.82) is 0 Å². The van der Waals surface area contributed by atoms with Gasteiger partial charge < -0.3 is 5.32 Å². The van der Waals surface area contributed by atoms with Gasteiger partial charge in [-0.15, -0.1) is 11.3 Å². The van der Waals surface area contributed by atoms with Crippen molar-refractivity contribution in [3.8, 4) is 0 Å². The second-order valence-corrected chi connectivity index (χ2v) is 5.41. The number of nitrogens with zero attached hydrogens (tertiary/aromatic N) is 2. The quantitative estimate of drug-likeness (QED) is 0.880. The third kappa shape index (κ3) is 3.05. The van der Waals surface area contributed by atoms with Gasteiger partial charge in [0.05, 0.1) is 6.20 Å². The van der Waals surface area contributed by atoms with Crippen LogP contribution in [0.4, 0.5) is 0 Å². The summed E-state index contributed by atoms with van der Waals surface area (Å²) in [5, 5.41) is 7.56. The van der Waals surface area contributed by atoms with E-state index in [0.29, 0.717) is 0 Å². The van der Waals surface area contributed by atoms with Crippen molar-refractivity contribution in [2.75, 3.05) is 0 Å². The van der Waals surface area contributed by atoms with Crippen LogP contribution in [0.2, 0.25) is 0 Å². The smallest absolute Gasteiger partial charge is 0.0538 e. The predicted molar refractivity (Wildman–Crippen MR) is 73.0 cm³/mol. The van der Waals surface area contributed by atoms with E-state index in [-0.39, 0.29) is 0 Å². The molecule has 0 spiro atoms. The topological polar surface area (TPSA) is 29.9 Å². The Kier molecular flexibility index (Phi) is 3.76. The summed E-state index contributed by atoms with van der Waals surface area (Å²) in [6, 6.07) is 2.25. The minimum absolute atomic E-state index is 0.837. The van der Waals surface area contributed by atoms with E-state index < -0.39 is 0 Å². The van der Waals surface area contributed by atoms with E-state index in [2.05, 4.69) is 36.9 Å². The molecule has 17 heavy (non-hydrogen) atoms. The standard InChI is InChI=1S/C13H17N3S/c1-4-16-9-12(7-15-16)6-14-8-13-5-10(2)11(3)17-13/h4-5,7,9,14H,1,6,8H2,2-3H3.